The van der Waals surface area contributed by atoms with E-state index in [0.717, 1.165) is 52.2 Å². The van der Waals surface area contributed by atoms with Crippen LogP contribution in [-0.4, -0.2) is 71.8 Å². The van der Waals surface area contributed by atoms with E-state index in [4.69, 9.17) is 15.1 Å². The van der Waals surface area contributed by atoms with Gasteiger partial charge in [0.2, 0.25) is 20.1 Å². The Balaban J connectivity index is 1.28. The summed E-state index contributed by atoms with van der Waals surface area (Å²) in [5.41, 5.74) is 3.70. The average molecular weight is 555 g/mol. The number of sulfonamides is 1. The zero-order chi connectivity index (χ0) is 26.1. The van der Waals surface area contributed by atoms with Gasteiger partial charge in [-0.15, -0.1) is 5.10 Å². The molecule has 0 unspecified atom stereocenters. The van der Waals surface area contributed by atoms with Gasteiger partial charge in [0, 0.05) is 44.2 Å². The van der Waals surface area contributed by atoms with Crippen LogP contribution in [0.25, 0.3) is 16.2 Å². The van der Waals surface area contributed by atoms with Gasteiger partial charge in [-0.1, -0.05) is 59.4 Å². The molecule has 1 aromatic carbocycles. The Labute approximate surface area is 223 Å². The minimum atomic E-state index is -3.12. The summed E-state index contributed by atoms with van der Waals surface area (Å²) in [6.07, 6.45) is 2.00. The Hall–Kier alpha value is -3.05. The molecule has 37 heavy (non-hydrogen) atoms. The zero-order valence-electron chi connectivity index (χ0n) is 21.0. The fourth-order valence-electron chi connectivity index (χ4n) is 5.03. The first-order chi connectivity index (χ1) is 17.6. The molecule has 0 atom stereocenters. The normalized spacial score (nSPS) is 17.1. The smallest absolute Gasteiger partial charge is 0.216 e. The summed E-state index contributed by atoms with van der Waals surface area (Å²) in [7, 11) is -1.18. The van der Waals surface area contributed by atoms with Gasteiger partial charge < -0.3 is 9.80 Å². The fraction of sp³-hybridized carbons (Fsp3) is 0.417. The van der Waals surface area contributed by atoms with Gasteiger partial charge in [0.15, 0.2) is 10.9 Å². The maximum absolute atomic E-state index is 11.8. The monoisotopic (exact) mass is 554 g/mol. The number of nitrogens with zero attached hydrogens (tertiary/aromatic N) is 8. The van der Waals surface area contributed by atoms with Crippen molar-refractivity contribution in [1.82, 2.24) is 23.9 Å². The topological polar surface area (TPSA) is 111 Å². The highest BCUT2D eigenvalue weighted by Gasteiger charge is 2.55. The first-order valence-corrected chi connectivity index (χ1v) is 15.4. The number of fused-ring (bicyclic) bond motifs is 1. The minimum Gasteiger partial charge on any atom is -0.345 e. The summed E-state index contributed by atoms with van der Waals surface area (Å²) in [5.74, 6) is 0.843. The number of imidazole rings is 1. The average Bonchev–Trinajstić information content (AvgIpc) is 3.48. The van der Waals surface area contributed by atoms with Crippen LogP contribution in [0.3, 0.4) is 0 Å². The van der Waals surface area contributed by atoms with Crippen molar-refractivity contribution in [3.05, 3.63) is 40.4 Å². The van der Waals surface area contributed by atoms with Crippen molar-refractivity contribution >= 4 is 53.7 Å². The van der Waals surface area contributed by atoms with Crippen molar-refractivity contribution in [3.63, 3.8) is 0 Å². The summed E-state index contributed by atoms with van der Waals surface area (Å²) in [5, 5.41) is 16.3. The summed E-state index contributed by atoms with van der Waals surface area (Å²) in [6, 6.07) is 10.3. The van der Waals surface area contributed by atoms with Gasteiger partial charge >= 0.3 is 0 Å². The number of nitriles is 1. The molecule has 0 bridgehead atoms. The second-order valence-electron chi connectivity index (χ2n) is 9.91. The van der Waals surface area contributed by atoms with Crippen LogP contribution >= 0.6 is 22.7 Å². The summed E-state index contributed by atoms with van der Waals surface area (Å²) >= 11 is 2.89. The molecular formula is C24H26N8O2S3. The lowest BCUT2D eigenvalue weighted by Crippen LogP contribution is -2.72. The van der Waals surface area contributed by atoms with E-state index in [0.29, 0.717) is 28.8 Å². The number of thiazole rings is 1. The van der Waals surface area contributed by atoms with Crippen molar-refractivity contribution in [3.8, 4) is 17.3 Å². The molecule has 0 saturated carbocycles. The molecule has 2 aliphatic rings. The molecule has 0 N–H and O–H groups in total. The molecule has 10 nitrogen and oxygen atoms in total. The Bertz CT molecular complexity index is 1650. The van der Waals surface area contributed by atoms with Crippen LogP contribution in [0.15, 0.2) is 24.3 Å². The van der Waals surface area contributed by atoms with Gasteiger partial charge in [-0.25, -0.2) is 22.7 Å². The lowest BCUT2D eigenvalue weighted by atomic mass is 9.75. The van der Waals surface area contributed by atoms with E-state index in [9.17, 15) is 13.7 Å². The van der Waals surface area contributed by atoms with E-state index in [1.807, 2.05) is 47.7 Å². The van der Waals surface area contributed by atoms with Gasteiger partial charge in [-0.05, 0) is 13.3 Å². The third-order valence-corrected chi connectivity index (χ3v) is 10.2. The van der Waals surface area contributed by atoms with Crippen LogP contribution in [-0.2, 0) is 16.4 Å². The number of aryl methyl sites for hydroxylation is 2. The molecule has 0 aliphatic carbocycles. The number of benzene rings is 1. The van der Waals surface area contributed by atoms with Crippen molar-refractivity contribution in [1.29, 1.82) is 5.26 Å². The van der Waals surface area contributed by atoms with Gasteiger partial charge in [0.1, 0.15) is 16.6 Å². The predicted molar refractivity (Wildman–Crippen MR) is 146 cm³/mol. The van der Waals surface area contributed by atoms with Crippen LogP contribution in [0, 0.1) is 23.7 Å². The first-order valence-electron chi connectivity index (χ1n) is 11.9. The number of hydrogen-bond acceptors (Lipinski definition) is 10. The van der Waals surface area contributed by atoms with Crippen LogP contribution in [0.1, 0.15) is 23.1 Å². The molecule has 5 heterocycles. The highest BCUT2D eigenvalue weighted by Crippen LogP contribution is 2.44. The molecule has 1 spiro atoms. The summed E-state index contributed by atoms with van der Waals surface area (Å²) in [6.45, 7) is 6.83. The Morgan fingerprint density at radius 2 is 1.84 bits per heavy atom. The SMILES string of the molecule is CCc1nc2sc(N3CC4(C3)CN(S(C)(=O)=O)C4)nn2c1N(C)c1nc(-c2ccc(C)cc2)c(C#N)s1. The zero-order valence-corrected chi connectivity index (χ0v) is 23.4. The van der Waals surface area contributed by atoms with E-state index >= 15 is 0 Å². The summed E-state index contributed by atoms with van der Waals surface area (Å²) < 4.78 is 26.9. The number of hydrogen-bond donors (Lipinski definition) is 0. The van der Waals surface area contributed by atoms with Crippen molar-refractivity contribution in [2.45, 2.75) is 20.3 Å². The molecule has 2 fully saturated rings. The molecule has 13 heteroatoms. The molecule has 3 aromatic heterocycles. The second kappa shape index (κ2) is 8.49. The van der Waals surface area contributed by atoms with Crippen molar-refractivity contribution < 1.29 is 8.42 Å². The molecule has 0 amide bonds. The second-order valence-corrected chi connectivity index (χ2v) is 13.8. The third-order valence-electron chi connectivity index (χ3n) is 7.04. The number of anilines is 3. The Kier molecular flexibility index (Phi) is 5.57. The van der Waals surface area contributed by atoms with Crippen LogP contribution in [0.4, 0.5) is 16.1 Å². The van der Waals surface area contributed by atoms with E-state index < -0.39 is 10.0 Å². The highest BCUT2D eigenvalue weighted by atomic mass is 32.2. The quantitative estimate of drug-likeness (QED) is 0.356. The van der Waals surface area contributed by atoms with Gasteiger partial charge in [0.05, 0.1) is 11.9 Å². The van der Waals surface area contributed by atoms with E-state index in [1.54, 1.807) is 0 Å². The Morgan fingerprint density at radius 3 is 2.46 bits per heavy atom. The first kappa shape index (κ1) is 24.3. The fourth-order valence-corrected chi connectivity index (χ4v) is 7.81. The van der Waals surface area contributed by atoms with Crippen LogP contribution in [0.2, 0.25) is 0 Å². The molecule has 2 aliphatic heterocycles. The van der Waals surface area contributed by atoms with Crippen molar-refractivity contribution in [2.24, 2.45) is 5.41 Å². The Morgan fingerprint density at radius 1 is 1.14 bits per heavy atom. The molecular weight excluding hydrogens is 529 g/mol. The maximum Gasteiger partial charge on any atom is 0.216 e. The lowest BCUT2D eigenvalue weighted by Gasteiger charge is -2.59. The van der Waals surface area contributed by atoms with Crippen LogP contribution in [0.5, 0.6) is 0 Å². The largest absolute Gasteiger partial charge is 0.345 e. The van der Waals surface area contributed by atoms with Gasteiger partial charge in [-0.2, -0.15) is 9.78 Å². The summed E-state index contributed by atoms with van der Waals surface area (Å²) in [4.78, 5) is 15.2. The molecule has 2 saturated heterocycles. The van der Waals surface area contributed by atoms with Gasteiger partial charge in [0.25, 0.3) is 0 Å². The highest BCUT2D eigenvalue weighted by molar-refractivity contribution is 7.88. The number of rotatable bonds is 6. The van der Waals surface area contributed by atoms with Crippen molar-refractivity contribution in [2.75, 3.05) is 49.3 Å². The van der Waals surface area contributed by atoms with E-state index in [-0.39, 0.29) is 5.41 Å². The molecule has 4 aromatic rings. The molecule has 6 rings (SSSR count). The standard InChI is InChI=1S/C24H26N8O2S3/c1-5-17-20(29(3)21-27-19(18(10-25)35-21)16-8-6-15(2)7-9-16)32-22(26-17)36-23(28-32)30-11-24(12-30)13-31(14-24)37(4,33)34/h6-9H,5,11-14H2,1-4H3. The van der Waals surface area contributed by atoms with Crippen LogP contribution < -0.4 is 9.80 Å². The molecule has 192 valence electrons. The maximum atomic E-state index is 11.8. The molecule has 0 radical (unpaired) electrons. The number of aromatic nitrogens is 4. The predicted octanol–water partition coefficient (Wildman–Crippen LogP) is 3.51. The van der Waals surface area contributed by atoms with E-state index in [2.05, 4.69) is 17.9 Å². The minimum absolute atomic E-state index is 0.0337. The van der Waals surface area contributed by atoms with E-state index in [1.165, 1.54) is 33.2 Å². The van der Waals surface area contributed by atoms with Gasteiger partial charge in [-0.3, -0.25) is 0 Å². The lowest BCUT2D eigenvalue weighted by molar-refractivity contribution is 0.0399. The third kappa shape index (κ3) is 3.99.